The van der Waals surface area contributed by atoms with Gasteiger partial charge < -0.3 is 24.4 Å². The molecule has 2 aromatic rings. The number of para-hydroxylation sites is 2. The number of hydrogen-bond acceptors (Lipinski definition) is 7. The number of amides is 2. The van der Waals surface area contributed by atoms with E-state index in [1.807, 2.05) is 12.1 Å². The molecule has 0 spiro atoms. The Bertz CT molecular complexity index is 1030. The quantitative estimate of drug-likeness (QED) is 0.754. The highest BCUT2D eigenvalue weighted by molar-refractivity contribution is 7.16. The van der Waals surface area contributed by atoms with Crippen molar-refractivity contribution >= 4 is 28.3 Å². The summed E-state index contributed by atoms with van der Waals surface area (Å²) >= 11 is 1.30. The lowest BCUT2D eigenvalue weighted by Gasteiger charge is -2.25. The minimum absolute atomic E-state index is 0.309. The largest absolute Gasteiger partial charge is 0.450 e. The first-order valence-electron chi connectivity index (χ1n) is 9.47. The average molecular weight is 425 g/mol. The highest BCUT2D eigenvalue weighted by atomic mass is 32.1. The Kier molecular flexibility index (Phi) is 5.59. The molecule has 0 bridgehead atoms. The summed E-state index contributed by atoms with van der Waals surface area (Å²) in [7, 11) is 0. The molecule has 30 heavy (non-hydrogen) atoms. The number of carbonyl (C=O) groups excluding carboxylic acids is 2. The number of benzene rings is 1. The number of hydrogen-bond donors (Lipinski definition) is 1. The van der Waals surface area contributed by atoms with E-state index in [-0.39, 0.29) is 6.09 Å². The fraction of sp³-hybridized carbons (Fsp3) is 0.286. The Morgan fingerprint density at radius 2 is 2.10 bits per heavy atom. The highest BCUT2D eigenvalue weighted by Gasteiger charge is 2.28. The van der Waals surface area contributed by atoms with Crippen LogP contribution in [0.25, 0.3) is 0 Å². The van der Waals surface area contributed by atoms with Crippen LogP contribution in [-0.4, -0.2) is 36.3 Å². The molecule has 1 N–H and O–H groups in total. The van der Waals surface area contributed by atoms with Crippen molar-refractivity contribution in [2.75, 3.05) is 18.5 Å². The number of nitrogens with zero attached hydrogens (tertiary/aromatic N) is 2. The summed E-state index contributed by atoms with van der Waals surface area (Å²) in [6.45, 7) is 2.90. The van der Waals surface area contributed by atoms with Crippen LogP contribution in [-0.2, 0) is 22.5 Å². The summed E-state index contributed by atoms with van der Waals surface area (Å²) in [5.41, 5.74) is 1.32. The maximum absolute atomic E-state index is 12.4. The van der Waals surface area contributed by atoms with E-state index < -0.39 is 12.2 Å². The number of ether oxygens (including phenoxy) is 3. The monoisotopic (exact) mass is 425 g/mol. The molecule has 2 aliphatic heterocycles. The van der Waals surface area contributed by atoms with Gasteiger partial charge in [-0.3, -0.25) is 4.79 Å². The summed E-state index contributed by atoms with van der Waals surface area (Å²) in [6.07, 6.45) is 2.32. The zero-order valence-electron chi connectivity index (χ0n) is 16.2. The number of fused-ring (bicyclic) bond motifs is 2. The number of thiophene rings is 1. The summed E-state index contributed by atoms with van der Waals surface area (Å²) in [6, 6.07) is 9.43. The second kappa shape index (κ2) is 8.47. The maximum Gasteiger partial charge on any atom is 0.410 e. The number of rotatable bonds is 4. The minimum atomic E-state index is -0.682. The molecule has 8 nitrogen and oxygen atoms in total. The molecule has 0 radical (unpaired) electrons. The van der Waals surface area contributed by atoms with Gasteiger partial charge in [0.1, 0.15) is 11.1 Å². The Labute approximate surface area is 177 Å². The van der Waals surface area contributed by atoms with Crippen LogP contribution in [0.2, 0.25) is 0 Å². The fourth-order valence-corrected chi connectivity index (χ4v) is 4.51. The molecule has 1 aromatic carbocycles. The van der Waals surface area contributed by atoms with E-state index in [1.165, 1.54) is 23.5 Å². The SMILES string of the molecule is CCOC(=O)N1CCc2c(sc(NC(=O)/C=C/C3Oc4ccccc4O3)c2C#N)C1. The molecule has 0 aliphatic carbocycles. The Morgan fingerprint density at radius 3 is 2.77 bits per heavy atom. The molecule has 0 fully saturated rings. The first-order valence-corrected chi connectivity index (χ1v) is 10.3. The molecule has 3 heterocycles. The molecular weight excluding hydrogens is 406 g/mol. The van der Waals surface area contributed by atoms with Crippen LogP contribution < -0.4 is 14.8 Å². The highest BCUT2D eigenvalue weighted by Crippen LogP contribution is 2.37. The predicted octanol–water partition coefficient (Wildman–Crippen LogP) is 3.43. The first kappa shape index (κ1) is 19.8. The van der Waals surface area contributed by atoms with Gasteiger partial charge in [0, 0.05) is 23.6 Å². The van der Waals surface area contributed by atoms with Crippen molar-refractivity contribution in [3.05, 3.63) is 52.4 Å². The van der Waals surface area contributed by atoms with Crippen molar-refractivity contribution in [2.45, 2.75) is 26.2 Å². The molecule has 0 atom stereocenters. The molecule has 0 unspecified atom stereocenters. The third-order valence-electron chi connectivity index (χ3n) is 4.67. The van der Waals surface area contributed by atoms with Crippen LogP contribution in [0.5, 0.6) is 11.5 Å². The lowest BCUT2D eigenvalue weighted by atomic mass is 10.0. The molecule has 0 saturated heterocycles. The van der Waals surface area contributed by atoms with Gasteiger partial charge in [-0.2, -0.15) is 5.26 Å². The van der Waals surface area contributed by atoms with Crippen molar-refractivity contribution < 1.29 is 23.8 Å². The van der Waals surface area contributed by atoms with Crippen molar-refractivity contribution in [1.29, 1.82) is 5.26 Å². The van der Waals surface area contributed by atoms with E-state index in [0.717, 1.165) is 10.4 Å². The number of nitrogens with one attached hydrogen (secondary N) is 1. The van der Waals surface area contributed by atoms with Crippen molar-refractivity contribution in [3.63, 3.8) is 0 Å². The van der Waals surface area contributed by atoms with Gasteiger partial charge in [-0.1, -0.05) is 12.1 Å². The van der Waals surface area contributed by atoms with Crippen LogP contribution >= 0.6 is 11.3 Å². The number of nitriles is 1. The lowest BCUT2D eigenvalue weighted by molar-refractivity contribution is -0.112. The third-order valence-corrected chi connectivity index (χ3v) is 5.80. The second-order valence-electron chi connectivity index (χ2n) is 6.59. The van der Waals surface area contributed by atoms with Gasteiger partial charge in [0.2, 0.25) is 5.91 Å². The lowest BCUT2D eigenvalue weighted by Crippen LogP contribution is -2.35. The van der Waals surface area contributed by atoms with E-state index in [1.54, 1.807) is 24.0 Å². The van der Waals surface area contributed by atoms with E-state index in [2.05, 4.69) is 11.4 Å². The van der Waals surface area contributed by atoms with Gasteiger partial charge >= 0.3 is 6.09 Å². The van der Waals surface area contributed by atoms with E-state index in [0.29, 0.717) is 48.2 Å². The Morgan fingerprint density at radius 1 is 1.37 bits per heavy atom. The molecule has 2 amide bonds. The summed E-state index contributed by atoms with van der Waals surface area (Å²) in [5, 5.41) is 12.8. The van der Waals surface area contributed by atoms with Crippen LogP contribution in [0.15, 0.2) is 36.4 Å². The van der Waals surface area contributed by atoms with Gasteiger partial charge in [-0.15, -0.1) is 11.3 Å². The van der Waals surface area contributed by atoms with E-state index in [4.69, 9.17) is 14.2 Å². The van der Waals surface area contributed by atoms with Gasteiger partial charge in [0.05, 0.1) is 18.7 Å². The molecule has 2 aliphatic rings. The second-order valence-corrected chi connectivity index (χ2v) is 7.69. The minimum Gasteiger partial charge on any atom is -0.450 e. The van der Waals surface area contributed by atoms with Crippen LogP contribution in [0.3, 0.4) is 0 Å². The van der Waals surface area contributed by atoms with Crippen molar-refractivity contribution in [3.8, 4) is 17.6 Å². The van der Waals surface area contributed by atoms with Gasteiger partial charge in [-0.25, -0.2) is 4.79 Å². The number of anilines is 1. The van der Waals surface area contributed by atoms with Gasteiger partial charge in [0.25, 0.3) is 6.29 Å². The smallest absolute Gasteiger partial charge is 0.410 e. The normalized spacial score (nSPS) is 15.0. The van der Waals surface area contributed by atoms with E-state index >= 15 is 0 Å². The number of carbonyl (C=O) groups is 2. The summed E-state index contributed by atoms with van der Waals surface area (Å²) in [4.78, 5) is 26.8. The zero-order valence-corrected chi connectivity index (χ0v) is 17.0. The van der Waals surface area contributed by atoms with Gasteiger partial charge in [-0.05, 0) is 31.0 Å². The molecule has 9 heteroatoms. The summed E-state index contributed by atoms with van der Waals surface area (Å²) < 4.78 is 16.2. The molecule has 1 aromatic heterocycles. The van der Waals surface area contributed by atoms with Crippen molar-refractivity contribution in [2.24, 2.45) is 0 Å². The molecular formula is C21H19N3O5S. The fourth-order valence-electron chi connectivity index (χ4n) is 3.30. The zero-order chi connectivity index (χ0) is 21.1. The maximum atomic E-state index is 12.4. The van der Waals surface area contributed by atoms with Crippen molar-refractivity contribution in [1.82, 2.24) is 4.90 Å². The topological polar surface area (TPSA) is 101 Å². The Balaban J connectivity index is 1.42. The Hall–Kier alpha value is -3.51. The first-order chi connectivity index (χ1) is 14.6. The standard InChI is InChI=1S/C21H19N3O5S/c1-2-27-21(26)24-10-9-13-14(11-22)20(30-17(13)12-24)23-18(25)7-8-19-28-15-5-3-4-6-16(15)29-19/h3-8,19H,2,9-10,12H2,1H3,(H,23,25)/b8-7+. The summed E-state index contributed by atoms with van der Waals surface area (Å²) in [5.74, 6) is 0.850. The van der Waals surface area contributed by atoms with Crippen LogP contribution in [0.1, 0.15) is 22.9 Å². The van der Waals surface area contributed by atoms with Gasteiger partial charge in [0.15, 0.2) is 11.5 Å². The third kappa shape index (κ3) is 3.95. The van der Waals surface area contributed by atoms with E-state index in [9.17, 15) is 14.9 Å². The van der Waals surface area contributed by atoms with Crippen LogP contribution in [0.4, 0.5) is 9.80 Å². The molecule has 0 saturated carbocycles. The predicted molar refractivity (Wildman–Crippen MR) is 109 cm³/mol. The molecule has 4 rings (SSSR count). The molecule has 154 valence electrons. The van der Waals surface area contributed by atoms with Crippen LogP contribution in [0, 0.1) is 11.3 Å². The average Bonchev–Trinajstić information content (AvgIpc) is 3.31.